The average molecular weight is 302 g/mol. The Kier molecular flexibility index (Phi) is 4.60. The van der Waals surface area contributed by atoms with Crippen LogP contribution in [0.5, 0.6) is 0 Å². The minimum Gasteiger partial charge on any atom is -0.356 e. The minimum atomic E-state index is 0.161. The van der Waals surface area contributed by atoms with Crippen molar-refractivity contribution in [3.8, 4) is 0 Å². The number of nitrogens with one attached hydrogen (secondary N) is 1. The van der Waals surface area contributed by atoms with Crippen molar-refractivity contribution >= 4 is 11.7 Å². The van der Waals surface area contributed by atoms with E-state index in [1.807, 2.05) is 13.8 Å². The van der Waals surface area contributed by atoms with Gasteiger partial charge in [0.15, 0.2) is 0 Å². The van der Waals surface area contributed by atoms with Crippen LogP contribution in [-0.4, -0.2) is 35.0 Å². The predicted octanol–water partition coefficient (Wildman–Crippen LogP) is 2.16. The third kappa shape index (κ3) is 3.23. The largest absolute Gasteiger partial charge is 0.356 e. The van der Waals surface area contributed by atoms with E-state index in [9.17, 15) is 4.79 Å². The molecule has 1 aliphatic carbocycles. The Balaban J connectivity index is 1.71. The number of rotatable bonds is 3. The summed E-state index contributed by atoms with van der Waals surface area (Å²) in [7, 11) is 0. The lowest BCUT2D eigenvalue weighted by Gasteiger charge is -2.35. The molecular formula is C17H26N4O. The molecule has 5 nitrogen and oxygen atoms in total. The van der Waals surface area contributed by atoms with E-state index in [2.05, 4.69) is 15.2 Å². The number of carbonyl (C=O) groups excluding carboxylic acids is 1. The van der Waals surface area contributed by atoms with E-state index >= 15 is 0 Å². The predicted molar refractivity (Wildman–Crippen MR) is 87.1 cm³/mol. The van der Waals surface area contributed by atoms with Gasteiger partial charge in [0.2, 0.25) is 5.91 Å². The molecule has 1 aromatic heterocycles. The highest BCUT2D eigenvalue weighted by atomic mass is 16.1. The summed E-state index contributed by atoms with van der Waals surface area (Å²) in [6.45, 7) is 5.84. The van der Waals surface area contributed by atoms with Crippen molar-refractivity contribution in [1.82, 2.24) is 15.3 Å². The molecule has 2 aliphatic rings. The summed E-state index contributed by atoms with van der Waals surface area (Å²) in [4.78, 5) is 23.3. The molecule has 0 bridgehead atoms. The zero-order chi connectivity index (χ0) is 15.5. The Morgan fingerprint density at radius 3 is 2.68 bits per heavy atom. The fraction of sp³-hybridized carbons (Fsp3) is 0.706. The molecule has 2 heterocycles. The second-order valence-electron chi connectivity index (χ2n) is 6.41. The van der Waals surface area contributed by atoms with Crippen molar-refractivity contribution in [2.24, 2.45) is 0 Å². The van der Waals surface area contributed by atoms with Crippen molar-refractivity contribution in [3.05, 3.63) is 17.1 Å². The van der Waals surface area contributed by atoms with E-state index in [0.717, 1.165) is 50.4 Å². The highest BCUT2D eigenvalue weighted by Gasteiger charge is 2.25. The number of aryl methyl sites for hydroxylation is 2. The molecule has 1 N–H and O–H groups in total. The van der Waals surface area contributed by atoms with Gasteiger partial charge in [0, 0.05) is 36.8 Å². The van der Waals surface area contributed by atoms with Crippen molar-refractivity contribution in [1.29, 1.82) is 0 Å². The number of fused-ring (bicyclic) bond motifs is 1. The number of amides is 1. The summed E-state index contributed by atoms with van der Waals surface area (Å²) in [6.07, 6.45) is 7.27. The minimum absolute atomic E-state index is 0.161. The molecule has 0 saturated carbocycles. The van der Waals surface area contributed by atoms with Crippen LogP contribution in [0, 0.1) is 6.92 Å². The monoisotopic (exact) mass is 302 g/mol. The second kappa shape index (κ2) is 6.63. The molecule has 0 atom stereocenters. The first-order chi connectivity index (χ1) is 10.7. The van der Waals surface area contributed by atoms with Crippen LogP contribution in [0.1, 0.15) is 56.1 Å². The van der Waals surface area contributed by atoms with Gasteiger partial charge in [-0.25, -0.2) is 9.97 Å². The SMILES string of the molecule is CCC(=O)NC1CCN(c2nc(C)nc3c2CCCC3)CC1. The maximum Gasteiger partial charge on any atom is 0.219 e. The van der Waals surface area contributed by atoms with E-state index in [4.69, 9.17) is 4.98 Å². The summed E-state index contributed by atoms with van der Waals surface area (Å²) in [6, 6.07) is 0.322. The molecule has 5 heteroatoms. The molecule has 0 aromatic carbocycles. The topological polar surface area (TPSA) is 58.1 Å². The number of aromatic nitrogens is 2. The fourth-order valence-corrected chi connectivity index (χ4v) is 3.52. The first-order valence-electron chi connectivity index (χ1n) is 8.58. The van der Waals surface area contributed by atoms with Crippen LogP contribution in [-0.2, 0) is 17.6 Å². The highest BCUT2D eigenvalue weighted by molar-refractivity contribution is 5.75. The van der Waals surface area contributed by atoms with Crippen LogP contribution < -0.4 is 10.2 Å². The van der Waals surface area contributed by atoms with Gasteiger partial charge in [-0.15, -0.1) is 0 Å². The van der Waals surface area contributed by atoms with Gasteiger partial charge in [-0.2, -0.15) is 0 Å². The van der Waals surface area contributed by atoms with Crippen LogP contribution in [0.4, 0.5) is 5.82 Å². The molecule has 0 radical (unpaired) electrons. The second-order valence-corrected chi connectivity index (χ2v) is 6.41. The number of hydrogen-bond donors (Lipinski definition) is 1. The number of carbonyl (C=O) groups is 1. The summed E-state index contributed by atoms with van der Waals surface area (Å²) >= 11 is 0. The number of nitrogens with zero attached hydrogens (tertiary/aromatic N) is 3. The molecule has 0 spiro atoms. The average Bonchev–Trinajstić information content (AvgIpc) is 2.54. The Bertz CT molecular complexity index is 550. The molecule has 1 aliphatic heterocycles. The molecule has 22 heavy (non-hydrogen) atoms. The zero-order valence-electron chi connectivity index (χ0n) is 13.7. The Morgan fingerprint density at radius 2 is 1.95 bits per heavy atom. The molecule has 0 unspecified atom stereocenters. The lowest BCUT2D eigenvalue weighted by molar-refractivity contribution is -0.121. The smallest absolute Gasteiger partial charge is 0.219 e. The molecule has 1 fully saturated rings. The maximum atomic E-state index is 11.5. The van der Waals surface area contributed by atoms with Crippen LogP contribution in [0.15, 0.2) is 0 Å². The highest BCUT2D eigenvalue weighted by Crippen LogP contribution is 2.29. The van der Waals surface area contributed by atoms with Crippen LogP contribution in [0.25, 0.3) is 0 Å². The van der Waals surface area contributed by atoms with Gasteiger partial charge < -0.3 is 10.2 Å². The van der Waals surface area contributed by atoms with Crippen LogP contribution in [0.2, 0.25) is 0 Å². The summed E-state index contributed by atoms with van der Waals surface area (Å²) in [5, 5.41) is 3.12. The quantitative estimate of drug-likeness (QED) is 0.929. The lowest BCUT2D eigenvalue weighted by atomic mass is 9.95. The fourth-order valence-electron chi connectivity index (χ4n) is 3.52. The Morgan fingerprint density at radius 1 is 1.23 bits per heavy atom. The Hall–Kier alpha value is -1.65. The Labute approximate surface area is 132 Å². The van der Waals surface area contributed by atoms with Gasteiger partial charge in [-0.3, -0.25) is 4.79 Å². The van der Waals surface area contributed by atoms with Gasteiger partial charge in [0.1, 0.15) is 11.6 Å². The van der Waals surface area contributed by atoms with Gasteiger partial charge in [-0.1, -0.05) is 6.92 Å². The first-order valence-corrected chi connectivity index (χ1v) is 8.58. The van der Waals surface area contributed by atoms with E-state index in [1.54, 1.807) is 0 Å². The van der Waals surface area contributed by atoms with Crippen LogP contribution in [0.3, 0.4) is 0 Å². The van der Waals surface area contributed by atoms with Gasteiger partial charge in [0.25, 0.3) is 0 Å². The lowest BCUT2D eigenvalue weighted by Crippen LogP contribution is -2.45. The summed E-state index contributed by atoms with van der Waals surface area (Å²) in [5.41, 5.74) is 2.63. The summed E-state index contributed by atoms with van der Waals surface area (Å²) in [5.74, 6) is 2.20. The molecule has 1 saturated heterocycles. The van der Waals surface area contributed by atoms with E-state index in [0.29, 0.717) is 12.5 Å². The standard InChI is InChI=1S/C17H26N4O/c1-3-16(22)20-13-8-10-21(11-9-13)17-14-6-4-5-7-15(14)18-12(2)19-17/h13H,3-11H2,1-2H3,(H,20,22). The van der Waals surface area contributed by atoms with Crippen molar-refractivity contribution in [2.45, 2.75) is 64.8 Å². The van der Waals surface area contributed by atoms with E-state index in [-0.39, 0.29) is 5.91 Å². The molecule has 1 aromatic rings. The molecule has 3 rings (SSSR count). The molecule has 120 valence electrons. The van der Waals surface area contributed by atoms with Gasteiger partial charge >= 0.3 is 0 Å². The first kappa shape index (κ1) is 15.3. The zero-order valence-corrected chi connectivity index (χ0v) is 13.7. The number of hydrogen-bond acceptors (Lipinski definition) is 4. The van der Waals surface area contributed by atoms with Crippen molar-refractivity contribution in [2.75, 3.05) is 18.0 Å². The number of anilines is 1. The third-order valence-corrected chi connectivity index (χ3v) is 4.75. The van der Waals surface area contributed by atoms with Crippen molar-refractivity contribution < 1.29 is 4.79 Å². The molecule has 1 amide bonds. The molecular weight excluding hydrogens is 276 g/mol. The maximum absolute atomic E-state index is 11.5. The summed E-state index contributed by atoms with van der Waals surface area (Å²) < 4.78 is 0. The normalized spacial score (nSPS) is 18.9. The van der Waals surface area contributed by atoms with E-state index in [1.165, 1.54) is 24.1 Å². The van der Waals surface area contributed by atoms with Gasteiger partial charge in [0.05, 0.1) is 0 Å². The van der Waals surface area contributed by atoms with Crippen molar-refractivity contribution in [3.63, 3.8) is 0 Å². The third-order valence-electron chi connectivity index (χ3n) is 4.75. The van der Waals surface area contributed by atoms with Gasteiger partial charge in [-0.05, 0) is 45.4 Å². The van der Waals surface area contributed by atoms with E-state index < -0.39 is 0 Å². The number of piperidine rings is 1. The van der Waals surface area contributed by atoms with Crippen LogP contribution >= 0.6 is 0 Å².